The van der Waals surface area contributed by atoms with Gasteiger partial charge in [-0.2, -0.15) is 52.7 Å². The molecule has 2 unspecified atom stereocenters. The average molecular weight is 422 g/mol. The molecule has 0 heterocycles. The van der Waals surface area contributed by atoms with Gasteiger partial charge in [0.15, 0.2) is 5.41 Å². The molecule has 0 aliphatic heterocycles. The van der Waals surface area contributed by atoms with E-state index in [-0.39, 0.29) is 0 Å². The minimum atomic E-state index is -6.59. The van der Waals surface area contributed by atoms with Crippen molar-refractivity contribution < 1.29 is 57.8 Å². The van der Waals surface area contributed by atoms with Crippen molar-refractivity contribution in [1.82, 2.24) is 0 Å². The van der Waals surface area contributed by atoms with E-state index in [1.807, 2.05) is 0 Å². The quantitative estimate of drug-likeness (QED) is 0.462. The van der Waals surface area contributed by atoms with E-state index in [4.69, 9.17) is 0 Å². The first kappa shape index (κ1) is 21.9. The molecule has 2 rings (SSSR count). The number of hydrogen-bond acceptors (Lipinski definition) is 1. The second-order valence-electron chi connectivity index (χ2n) is 6.49. The fraction of sp³-hybridized carbons (Fsp3) is 0.714. The molecule has 0 radical (unpaired) electrons. The van der Waals surface area contributed by atoms with Crippen molar-refractivity contribution in [3.05, 3.63) is 23.3 Å². The molecule has 0 saturated heterocycles. The lowest BCUT2D eigenvalue weighted by atomic mass is 9.70. The van der Waals surface area contributed by atoms with E-state index in [2.05, 4.69) is 0 Å². The second-order valence-corrected chi connectivity index (χ2v) is 6.49. The summed E-state index contributed by atoms with van der Waals surface area (Å²) in [6, 6.07) is 0. The van der Waals surface area contributed by atoms with Crippen LogP contribution in [0.15, 0.2) is 23.3 Å². The molecule has 0 saturated carbocycles. The van der Waals surface area contributed by atoms with Crippen molar-refractivity contribution in [1.29, 1.82) is 0 Å². The average Bonchev–Trinajstić information content (AvgIpc) is 3.00. The largest absolute Gasteiger partial charge is 0.430 e. The van der Waals surface area contributed by atoms with Crippen LogP contribution in [0, 0.1) is 17.3 Å². The maximum Gasteiger partial charge on any atom is 0.430 e. The Morgan fingerprint density at radius 1 is 0.667 bits per heavy atom. The number of alkyl halides is 12. The molecule has 1 nitrogen and oxygen atoms in total. The van der Waals surface area contributed by atoms with Crippen LogP contribution in [0.3, 0.4) is 0 Å². The van der Waals surface area contributed by atoms with Crippen LogP contribution in [0.1, 0.15) is 13.3 Å². The van der Waals surface area contributed by atoms with Crippen molar-refractivity contribution >= 4 is 0 Å². The molecule has 0 aromatic carbocycles. The lowest BCUT2D eigenvalue weighted by molar-refractivity contribution is -0.356. The number of hydrogen-bond donors (Lipinski definition) is 1. The molecular formula is C14H10F12O. The zero-order chi connectivity index (χ0) is 21.4. The third-order valence-corrected chi connectivity index (χ3v) is 5.00. The lowest BCUT2D eigenvalue weighted by Crippen LogP contribution is -2.60. The summed E-state index contributed by atoms with van der Waals surface area (Å²) in [5.74, 6) is -4.04. The Hall–Kier alpha value is -1.40. The Morgan fingerprint density at radius 3 is 1.30 bits per heavy atom. The summed E-state index contributed by atoms with van der Waals surface area (Å²) in [5.41, 5.74) is -15.4. The molecule has 27 heavy (non-hydrogen) atoms. The Kier molecular flexibility index (Phi) is 4.52. The molecule has 2 bridgehead atoms. The van der Waals surface area contributed by atoms with Gasteiger partial charge in [-0.1, -0.05) is 12.2 Å². The highest BCUT2D eigenvalue weighted by molar-refractivity contribution is 5.48. The van der Waals surface area contributed by atoms with Gasteiger partial charge in [0.25, 0.3) is 5.60 Å². The standard InChI is InChI=1S/C14H10F12O/c1-9(11(15,16)17,12(18,19)20)7-5-2-3-6(4-5)8(7)10(27,13(21,22)23)14(24,25)26/h2-3,5-6,27H,4H2,1H3. The summed E-state index contributed by atoms with van der Waals surface area (Å²) in [7, 11) is 0. The molecular weight excluding hydrogens is 412 g/mol. The normalized spacial score (nSPS) is 25.0. The smallest absolute Gasteiger partial charge is 0.370 e. The van der Waals surface area contributed by atoms with Gasteiger partial charge in [0.1, 0.15) is 0 Å². The zero-order valence-electron chi connectivity index (χ0n) is 13.0. The van der Waals surface area contributed by atoms with Gasteiger partial charge in [0, 0.05) is 11.8 Å². The summed E-state index contributed by atoms with van der Waals surface area (Å²) >= 11 is 0. The molecule has 0 spiro atoms. The summed E-state index contributed by atoms with van der Waals surface area (Å²) in [6.07, 6.45) is -25.2. The highest BCUT2D eigenvalue weighted by Gasteiger charge is 2.78. The lowest BCUT2D eigenvalue weighted by Gasteiger charge is -2.42. The molecule has 1 N–H and O–H groups in total. The summed E-state index contributed by atoms with van der Waals surface area (Å²) in [6.45, 7) is -0.524. The van der Waals surface area contributed by atoms with Gasteiger partial charge in [-0.3, -0.25) is 0 Å². The number of allylic oxidation sites excluding steroid dienone is 3. The highest BCUT2D eigenvalue weighted by atomic mass is 19.4. The first-order chi connectivity index (χ1) is 11.7. The molecule has 2 aliphatic carbocycles. The summed E-state index contributed by atoms with van der Waals surface area (Å²) in [5, 5.41) is 9.49. The van der Waals surface area contributed by atoms with Gasteiger partial charge in [-0.25, -0.2) is 0 Å². The Morgan fingerprint density at radius 2 is 1.00 bits per heavy atom. The molecule has 2 aliphatic rings. The molecule has 2 atom stereocenters. The molecule has 0 aromatic rings. The van der Waals surface area contributed by atoms with Crippen LogP contribution in [0.25, 0.3) is 0 Å². The minimum Gasteiger partial charge on any atom is -0.370 e. The van der Waals surface area contributed by atoms with Crippen LogP contribution in [0.5, 0.6) is 0 Å². The topological polar surface area (TPSA) is 20.2 Å². The fourth-order valence-corrected chi connectivity index (χ4v) is 3.56. The van der Waals surface area contributed by atoms with Crippen molar-refractivity contribution in [2.45, 2.75) is 43.7 Å². The number of aliphatic hydroxyl groups is 1. The molecule has 0 aromatic heterocycles. The molecule has 0 amide bonds. The number of fused-ring (bicyclic) bond motifs is 2. The first-order valence-electron chi connectivity index (χ1n) is 7.14. The maximum absolute atomic E-state index is 13.3. The van der Waals surface area contributed by atoms with Gasteiger partial charge in [-0.05, 0) is 24.5 Å². The van der Waals surface area contributed by atoms with E-state index >= 15 is 0 Å². The highest BCUT2D eigenvalue weighted by Crippen LogP contribution is 2.66. The second kappa shape index (κ2) is 5.57. The van der Waals surface area contributed by atoms with Crippen molar-refractivity contribution in [2.75, 3.05) is 0 Å². The van der Waals surface area contributed by atoms with Gasteiger partial charge >= 0.3 is 24.7 Å². The van der Waals surface area contributed by atoms with Crippen LogP contribution in [-0.2, 0) is 0 Å². The fourth-order valence-electron chi connectivity index (χ4n) is 3.56. The monoisotopic (exact) mass is 422 g/mol. The van der Waals surface area contributed by atoms with Crippen LogP contribution in [-0.4, -0.2) is 35.4 Å². The van der Waals surface area contributed by atoms with Gasteiger partial charge in [-0.15, -0.1) is 0 Å². The molecule has 0 fully saturated rings. The van der Waals surface area contributed by atoms with E-state index in [0.29, 0.717) is 12.2 Å². The third-order valence-electron chi connectivity index (χ3n) is 5.00. The van der Waals surface area contributed by atoms with Gasteiger partial charge in [0.2, 0.25) is 0 Å². The summed E-state index contributed by atoms with van der Waals surface area (Å²) < 4.78 is 159. The van der Waals surface area contributed by atoms with Crippen LogP contribution < -0.4 is 0 Å². The predicted octanol–water partition coefficient (Wildman–Crippen LogP) is 5.48. The van der Waals surface area contributed by atoms with Crippen LogP contribution >= 0.6 is 0 Å². The maximum atomic E-state index is 13.3. The van der Waals surface area contributed by atoms with E-state index < -0.39 is 72.0 Å². The Bertz CT molecular complexity index is 588. The zero-order valence-corrected chi connectivity index (χ0v) is 13.0. The molecule has 156 valence electrons. The van der Waals surface area contributed by atoms with E-state index in [1.54, 1.807) is 0 Å². The number of halogens is 12. The van der Waals surface area contributed by atoms with Crippen molar-refractivity contribution in [3.8, 4) is 0 Å². The van der Waals surface area contributed by atoms with Crippen molar-refractivity contribution in [3.63, 3.8) is 0 Å². The third kappa shape index (κ3) is 2.75. The molecule has 13 heteroatoms. The minimum absolute atomic E-state index is 0.524. The van der Waals surface area contributed by atoms with E-state index in [9.17, 15) is 57.8 Å². The van der Waals surface area contributed by atoms with Crippen LogP contribution in [0.2, 0.25) is 0 Å². The van der Waals surface area contributed by atoms with E-state index in [0.717, 1.165) is 0 Å². The Labute approximate surface area is 143 Å². The van der Waals surface area contributed by atoms with Crippen molar-refractivity contribution in [2.24, 2.45) is 17.3 Å². The predicted molar refractivity (Wildman–Crippen MR) is 65.0 cm³/mol. The number of rotatable bonds is 2. The SMILES string of the molecule is CC(C1=C(C(O)(C(F)(F)F)C(F)(F)F)C2C=CC1C2)(C(F)(F)F)C(F)(F)F. The first-order valence-corrected chi connectivity index (χ1v) is 7.14. The van der Waals surface area contributed by atoms with Gasteiger partial charge < -0.3 is 5.11 Å². The van der Waals surface area contributed by atoms with Crippen LogP contribution in [0.4, 0.5) is 52.7 Å². The Balaban J connectivity index is 2.95. The van der Waals surface area contributed by atoms with Gasteiger partial charge in [0.05, 0.1) is 0 Å². The van der Waals surface area contributed by atoms with E-state index in [1.165, 1.54) is 0 Å². The summed E-state index contributed by atoms with van der Waals surface area (Å²) in [4.78, 5) is 0.